The summed E-state index contributed by atoms with van der Waals surface area (Å²) in [4.78, 5) is 0. The Kier molecular flexibility index (Phi) is 6.24. The molecular formula is C51H34. The van der Waals surface area contributed by atoms with Crippen LogP contribution in [0.15, 0.2) is 182 Å². The number of rotatable bonds is 4. The second kappa shape index (κ2) is 11.1. The van der Waals surface area contributed by atoms with Crippen molar-refractivity contribution in [3.05, 3.63) is 226 Å². The normalized spacial score (nSPS) is 15.8. The van der Waals surface area contributed by atoms with E-state index in [4.69, 9.17) is 0 Å². The van der Waals surface area contributed by atoms with Crippen LogP contribution in [0.2, 0.25) is 0 Å². The van der Waals surface area contributed by atoms with E-state index in [1.165, 1.54) is 100 Å². The van der Waals surface area contributed by atoms with Gasteiger partial charge in [0, 0.05) is 11.8 Å². The molecule has 8 aromatic rings. The molecule has 0 N–H and O–H groups in total. The van der Waals surface area contributed by atoms with Crippen molar-refractivity contribution in [2.75, 3.05) is 0 Å². The number of hydrogen-bond acceptors (Lipinski definition) is 0. The van der Waals surface area contributed by atoms with Crippen LogP contribution in [0.25, 0.3) is 55.6 Å². The summed E-state index contributed by atoms with van der Waals surface area (Å²) in [6.07, 6.45) is 1.00. The van der Waals surface area contributed by atoms with Crippen molar-refractivity contribution >= 4 is 0 Å². The first kappa shape index (κ1) is 28.6. The van der Waals surface area contributed by atoms with Crippen LogP contribution in [0.1, 0.15) is 56.3 Å². The predicted octanol–water partition coefficient (Wildman–Crippen LogP) is 12.9. The van der Waals surface area contributed by atoms with Crippen LogP contribution in [-0.2, 0) is 6.42 Å². The van der Waals surface area contributed by atoms with E-state index < -0.39 is 0 Å². The van der Waals surface area contributed by atoms with Crippen molar-refractivity contribution in [2.24, 2.45) is 0 Å². The molecule has 0 aromatic heterocycles. The molecule has 2 unspecified atom stereocenters. The Bertz CT molecular complexity index is 2680. The van der Waals surface area contributed by atoms with Crippen molar-refractivity contribution in [2.45, 2.75) is 18.3 Å². The highest BCUT2D eigenvalue weighted by atomic mass is 14.4. The van der Waals surface area contributed by atoms with E-state index in [2.05, 4.69) is 182 Å². The van der Waals surface area contributed by atoms with Gasteiger partial charge in [0.05, 0.1) is 0 Å². The number of hydrogen-bond donors (Lipinski definition) is 0. The first-order valence-corrected chi connectivity index (χ1v) is 18.1. The highest BCUT2D eigenvalue weighted by molar-refractivity contribution is 5.89. The van der Waals surface area contributed by atoms with E-state index in [1.807, 2.05) is 0 Å². The average molecular weight is 647 g/mol. The zero-order valence-corrected chi connectivity index (χ0v) is 28.2. The smallest absolute Gasteiger partial charge is 0.0355 e. The summed E-state index contributed by atoms with van der Waals surface area (Å²) in [6, 6.07) is 68.2. The highest BCUT2D eigenvalue weighted by Gasteiger charge is 2.34. The van der Waals surface area contributed by atoms with Crippen LogP contribution in [0.4, 0.5) is 0 Å². The molecular weight excluding hydrogens is 613 g/mol. The number of benzene rings is 8. The maximum atomic E-state index is 2.45. The van der Waals surface area contributed by atoms with Gasteiger partial charge in [-0.25, -0.2) is 0 Å². The largest absolute Gasteiger partial charge is 0.0622 e. The summed E-state index contributed by atoms with van der Waals surface area (Å²) in [5.41, 5.74) is 24.5. The minimum absolute atomic E-state index is 0.209. The number of fused-ring (bicyclic) bond motifs is 9. The van der Waals surface area contributed by atoms with Gasteiger partial charge in [-0.2, -0.15) is 0 Å². The lowest BCUT2D eigenvalue weighted by Gasteiger charge is -2.19. The molecule has 0 bridgehead atoms. The molecule has 0 aliphatic heterocycles. The fourth-order valence-electron chi connectivity index (χ4n) is 9.44. The van der Waals surface area contributed by atoms with Gasteiger partial charge in [-0.1, -0.05) is 170 Å². The third kappa shape index (κ3) is 4.33. The van der Waals surface area contributed by atoms with Crippen molar-refractivity contribution in [1.82, 2.24) is 0 Å². The van der Waals surface area contributed by atoms with Gasteiger partial charge in [0.2, 0.25) is 0 Å². The predicted molar refractivity (Wildman–Crippen MR) is 211 cm³/mol. The highest BCUT2D eigenvalue weighted by Crippen LogP contribution is 2.53. The molecule has 2 atom stereocenters. The third-order valence-corrected chi connectivity index (χ3v) is 11.7. The monoisotopic (exact) mass is 646 g/mol. The van der Waals surface area contributed by atoms with Crippen molar-refractivity contribution < 1.29 is 0 Å². The van der Waals surface area contributed by atoms with Gasteiger partial charge in [0.1, 0.15) is 0 Å². The first-order valence-electron chi connectivity index (χ1n) is 18.1. The molecule has 0 nitrogen and oxygen atoms in total. The van der Waals surface area contributed by atoms with Crippen molar-refractivity contribution in [1.29, 1.82) is 0 Å². The van der Waals surface area contributed by atoms with Crippen molar-refractivity contribution in [3.8, 4) is 55.6 Å². The van der Waals surface area contributed by atoms with E-state index in [9.17, 15) is 0 Å². The summed E-state index contributed by atoms with van der Waals surface area (Å²) in [7, 11) is 0. The molecule has 238 valence electrons. The van der Waals surface area contributed by atoms with Gasteiger partial charge in [-0.15, -0.1) is 0 Å². The fraction of sp³-hybridized carbons (Fsp3) is 0.0588. The molecule has 3 aliphatic carbocycles. The average Bonchev–Trinajstić information content (AvgIpc) is 3.86. The van der Waals surface area contributed by atoms with Gasteiger partial charge >= 0.3 is 0 Å². The maximum absolute atomic E-state index is 2.45. The quantitative estimate of drug-likeness (QED) is 0.178. The molecule has 0 heterocycles. The molecule has 0 radical (unpaired) electrons. The Morgan fingerprint density at radius 3 is 1.55 bits per heavy atom. The second-order valence-corrected chi connectivity index (χ2v) is 14.3. The molecule has 8 aromatic carbocycles. The van der Waals surface area contributed by atoms with Gasteiger partial charge < -0.3 is 0 Å². The fourth-order valence-corrected chi connectivity index (χ4v) is 9.44. The van der Waals surface area contributed by atoms with E-state index in [1.54, 1.807) is 0 Å². The van der Waals surface area contributed by atoms with E-state index in [-0.39, 0.29) is 11.8 Å². The van der Waals surface area contributed by atoms with Crippen LogP contribution in [0.3, 0.4) is 0 Å². The summed E-state index contributed by atoms with van der Waals surface area (Å²) in [5, 5.41) is 0. The summed E-state index contributed by atoms with van der Waals surface area (Å²) in [6.45, 7) is 0. The Labute approximate surface area is 299 Å². The van der Waals surface area contributed by atoms with Crippen LogP contribution < -0.4 is 0 Å². The summed E-state index contributed by atoms with van der Waals surface area (Å²) in [5.74, 6) is 0.439. The third-order valence-electron chi connectivity index (χ3n) is 11.7. The Balaban J connectivity index is 1.01. The Morgan fingerprint density at radius 1 is 0.294 bits per heavy atom. The molecule has 51 heavy (non-hydrogen) atoms. The van der Waals surface area contributed by atoms with E-state index in [0.29, 0.717) is 0 Å². The zero-order chi connectivity index (χ0) is 33.5. The molecule has 3 aliphatic rings. The van der Waals surface area contributed by atoms with Crippen LogP contribution in [0.5, 0.6) is 0 Å². The lowest BCUT2D eigenvalue weighted by Crippen LogP contribution is -2.03. The molecule has 0 spiro atoms. The maximum Gasteiger partial charge on any atom is 0.0355 e. The summed E-state index contributed by atoms with van der Waals surface area (Å²) < 4.78 is 0. The molecule has 0 heteroatoms. The SMILES string of the molecule is c1ccc(-c2cccc(C3c4ccccc4-c4cc(-c5ccc6c(c5)-c5ccccc5C6c5cccc6c5Cc5ccccc5-6)ccc43)c2)cc1. The molecule has 0 fully saturated rings. The van der Waals surface area contributed by atoms with Crippen molar-refractivity contribution in [3.63, 3.8) is 0 Å². The Hall–Kier alpha value is -6.24. The van der Waals surface area contributed by atoms with Crippen LogP contribution >= 0.6 is 0 Å². The van der Waals surface area contributed by atoms with Crippen LogP contribution in [-0.4, -0.2) is 0 Å². The van der Waals surface area contributed by atoms with E-state index in [0.717, 1.165) is 6.42 Å². The van der Waals surface area contributed by atoms with Gasteiger partial charge in [-0.3, -0.25) is 0 Å². The first-order chi connectivity index (χ1) is 25.3. The lowest BCUT2D eigenvalue weighted by atomic mass is 9.84. The van der Waals surface area contributed by atoms with E-state index >= 15 is 0 Å². The standard InChI is InChI=1S/C51H34/c1-2-12-32(13-3-1)33-15-10-16-37(28-33)50-42-20-8-6-18-40(42)47-29-34(24-26-45(47)50)35-25-27-46-48(30-35)41-19-7-9-21-43(41)51(46)44-23-11-22-39-38-17-5-4-14-36(38)31-49(39)44/h1-30,50-51H,31H2. The molecule has 0 amide bonds. The topological polar surface area (TPSA) is 0 Å². The van der Waals surface area contributed by atoms with Crippen LogP contribution in [0, 0.1) is 0 Å². The molecule has 0 saturated carbocycles. The summed E-state index contributed by atoms with van der Waals surface area (Å²) >= 11 is 0. The second-order valence-electron chi connectivity index (χ2n) is 14.3. The van der Waals surface area contributed by atoms with Gasteiger partial charge in [0.25, 0.3) is 0 Å². The molecule has 11 rings (SSSR count). The minimum atomic E-state index is 0.209. The Morgan fingerprint density at radius 2 is 0.804 bits per heavy atom. The zero-order valence-electron chi connectivity index (χ0n) is 28.2. The van der Waals surface area contributed by atoms with Gasteiger partial charge in [-0.05, 0) is 119 Å². The molecule has 0 saturated heterocycles. The minimum Gasteiger partial charge on any atom is -0.0622 e. The van der Waals surface area contributed by atoms with Gasteiger partial charge in [0.15, 0.2) is 0 Å². The lowest BCUT2D eigenvalue weighted by molar-refractivity contribution is 0.987.